The van der Waals surface area contributed by atoms with E-state index in [4.69, 9.17) is 0 Å². The molecule has 94 valence electrons. The zero-order valence-electron chi connectivity index (χ0n) is 8.89. The maximum Gasteiger partial charge on any atom is 0.147 e. The molecule has 16 heavy (non-hydrogen) atoms. The molecule has 0 aromatic carbocycles. The third-order valence-corrected chi connectivity index (χ3v) is 3.12. The summed E-state index contributed by atoms with van der Waals surface area (Å²) >= 11 is 0. The van der Waals surface area contributed by atoms with E-state index in [1.807, 2.05) is 0 Å². The van der Waals surface area contributed by atoms with Gasteiger partial charge in [-0.1, -0.05) is 6.42 Å². The zero-order valence-corrected chi connectivity index (χ0v) is 11.3. The molecule has 0 radical (unpaired) electrons. The van der Waals surface area contributed by atoms with Crippen LogP contribution in [-0.4, -0.2) is 21.3 Å². The normalized spacial score (nSPS) is 18.2. The van der Waals surface area contributed by atoms with Gasteiger partial charge in [-0.05, 0) is 12.8 Å². The van der Waals surface area contributed by atoms with E-state index >= 15 is 0 Å². The van der Waals surface area contributed by atoms with Crippen molar-refractivity contribution in [2.45, 2.75) is 38.3 Å². The minimum absolute atomic E-state index is 0. The maximum absolute atomic E-state index is 4.29. The Morgan fingerprint density at radius 1 is 1.12 bits per heavy atom. The van der Waals surface area contributed by atoms with E-state index in [1.54, 1.807) is 0 Å². The molecule has 0 spiro atoms. The van der Waals surface area contributed by atoms with Gasteiger partial charge in [-0.3, -0.25) is 0 Å². The summed E-state index contributed by atoms with van der Waals surface area (Å²) in [7, 11) is 0. The summed E-state index contributed by atoms with van der Waals surface area (Å²) in [6.07, 6.45) is 3.99. The molecule has 0 saturated heterocycles. The quantitative estimate of drug-likeness (QED) is 0.858. The number of nitrogens with one attached hydrogen (secondary N) is 1. The van der Waals surface area contributed by atoms with E-state index < -0.39 is 0 Å². The largest absolute Gasteiger partial charge is 0.312 e. The van der Waals surface area contributed by atoms with E-state index in [9.17, 15) is 0 Å². The Bertz CT molecular complexity index is 325. The fourth-order valence-corrected chi connectivity index (χ4v) is 2.08. The topological polar surface area (TPSA) is 42.7 Å². The first-order valence-corrected chi connectivity index (χ1v) is 5.08. The minimum atomic E-state index is 0. The van der Waals surface area contributed by atoms with Gasteiger partial charge in [0, 0.05) is 19.0 Å². The van der Waals surface area contributed by atoms with Crippen LogP contribution in [0, 0.1) is 0 Å². The van der Waals surface area contributed by atoms with Crippen LogP contribution >= 0.6 is 37.2 Å². The van der Waals surface area contributed by atoms with Gasteiger partial charge in [-0.15, -0.1) is 47.4 Å². The standard InChI is InChI=1S/C9H14N4.3ClH/c1-2-7(3-1)9-12-11-8-6-10-4-5-13(8)9;;;/h7,10H,1-6H2;3*1H. The molecule has 4 nitrogen and oxygen atoms in total. The predicted molar refractivity (Wildman–Crippen MR) is 70.1 cm³/mol. The summed E-state index contributed by atoms with van der Waals surface area (Å²) in [5.74, 6) is 3.07. The molecular weight excluding hydrogens is 270 g/mol. The Morgan fingerprint density at radius 3 is 2.50 bits per heavy atom. The monoisotopic (exact) mass is 286 g/mol. The first kappa shape index (κ1) is 16.0. The van der Waals surface area contributed by atoms with Gasteiger partial charge in [0.1, 0.15) is 11.6 Å². The van der Waals surface area contributed by atoms with Crippen molar-refractivity contribution in [3.63, 3.8) is 0 Å². The predicted octanol–water partition coefficient (Wildman–Crippen LogP) is 1.91. The van der Waals surface area contributed by atoms with Gasteiger partial charge in [-0.2, -0.15) is 0 Å². The minimum Gasteiger partial charge on any atom is -0.312 e. The summed E-state index contributed by atoms with van der Waals surface area (Å²) in [5.41, 5.74) is 0. The SMILES string of the molecule is C1CC(c2nnc3n2CCNC3)C1.Cl.Cl.Cl. The molecule has 7 heteroatoms. The second-order valence-corrected chi connectivity index (χ2v) is 3.93. The molecule has 0 bridgehead atoms. The average Bonchev–Trinajstić information content (AvgIpc) is 2.47. The lowest BCUT2D eigenvalue weighted by Gasteiger charge is -2.26. The smallest absolute Gasteiger partial charge is 0.147 e. The second-order valence-electron chi connectivity index (χ2n) is 3.93. The Hall–Kier alpha value is -0.0300. The van der Waals surface area contributed by atoms with Crippen LogP contribution in [0.2, 0.25) is 0 Å². The molecule has 1 fully saturated rings. The van der Waals surface area contributed by atoms with Crippen molar-refractivity contribution in [1.82, 2.24) is 20.1 Å². The van der Waals surface area contributed by atoms with Crippen LogP contribution in [0.3, 0.4) is 0 Å². The van der Waals surface area contributed by atoms with Gasteiger partial charge in [0.05, 0.1) is 6.54 Å². The Morgan fingerprint density at radius 2 is 1.88 bits per heavy atom. The third kappa shape index (κ3) is 2.62. The van der Waals surface area contributed by atoms with Crippen LogP contribution in [0.15, 0.2) is 0 Å². The highest BCUT2D eigenvalue weighted by Crippen LogP contribution is 2.35. The highest BCUT2D eigenvalue weighted by atomic mass is 35.5. The maximum atomic E-state index is 4.29. The van der Waals surface area contributed by atoms with Crippen LogP contribution in [0.25, 0.3) is 0 Å². The molecule has 0 amide bonds. The van der Waals surface area contributed by atoms with E-state index in [-0.39, 0.29) is 37.2 Å². The summed E-state index contributed by atoms with van der Waals surface area (Å²) in [6.45, 7) is 3.00. The van der Waals surface area contributed by atoms with Crippen molar-refractivity contribution in [2.75, 3.05) is 6.54 Å². The van der Waals surface area contributed by atoms with Crippen LogP contribution in [0.1, 0.15) is 36.8 Å². The van der Waals surface area contributed by atoms with E-state index in [2.05, 4.69) is 20.1 Å². The zero-order chi connectivity index (χ0) is 8.67. The van der Waals surface area contributed by atoms with Crippen molar-refractivity contribution in [2.24, 2.45) is 0 Å². The number of rotatable bonds is 1. The molecule has 1 N–H and O–H groups in total. The second kappa shape index (κ2) is 6.64. The molecule has 3 rings (SSSR count). The highest BCUT2D eigenvalue weighted by Gasteiger charge is 2.27. The molecule has 2 heterocycles. The van der Waals surface area contributed by atoms with Gasteiger partial charge < -0.3 is 9.88 Å². The fraction of sp³-hybridized carbons (Fsp3) is 0.778. The molecule has 1 aromatic heterocycles. The van der Waals surface area contributed by atoms with Crippen molar-refractivity contribution >= 4 is 37.2 Å². The van der Waals surface area contributed by atoms with Gasteiger partial charge in [0.25, 0.3) is 0 Å². The lowest BCUT2D eigenvalue weighted by atomic mass is 9.85. The summed E-state index contributed by atoms with van der Waals surface area (Å²) in [4.78, 5) is 0. The Balaban J connectivity index is 0.000000750. The van der Waals surface area contributed by atoms with Crippen molar-refractivity contribution in [1.29, 1.82) is 0 Å². The number of fused-ring (bicyclic) bond motifs is 1. The number of halogens is 3. The average molecular weight is 288 g/mol. The molecule has 1 aliphatic carbocycles. The van der Waals surface area contributed by atoms with Crippen LogP contribution < -0.4 is 5.32 Å². The first-order chi connectivity index (χ1) is 6.45. The highest BCUT2D eigenvalue weighted by molar-refractivity contribution is 5.86. The summed E-state index contributed by atoms with van der Waals surface area (Å²) in [5, 5.41) is 11.8. The Labute approximate surface area is 114 Å². The number of nitrogens with zero attached hydrogens (tertiary/aromatic N) is 3. The van der Waals surface area contributed by atoms with Crippen LogP contribution in [-0.2, 0) is 13.1 Å². The molecular formula is C9H17Cl3N4. The molecule has 1 saturated carbocycles. The molecule has 2 aliphatic rings. The van der Waals surface area contributed by atoms with Crippen LogP contribution in [0.5, 0.6) is 0 Å². The van der Waals surface area contributed by atoms with E-state index in [1.165, 1.54) is 25.1 Å². The number of hydrogen-bond donors (Lipinski definition) is 1. The van der Waals surface area contributed by atoms with Gasteiger partial charge >= 0.3 is 0 Å². The number of aromatic nitrogens is 3. The Kier molecular flexibility index (Phi) is 6.63. The van der Waals surface area contributed by atoms with Crippen molar-refractivity contribution in [3.05, 3.63) is 11.6 Å². The van der Waals surface area contributed by atoms with Gasteiger partial charge in [-0.25, -0.2) is 0 Å². The molecule has 1 aromatic rings. The van der Waals surface area contributed by atoms with Crippen molar-refractivity contribution in [3.8, 4) is 0 Å². The van der Waals surface area contributed by atoms with Gasteiger partial charge in [0.2, 0.25) is 0 Å². The van der Waals surface area contributed by atoms with Gasteiger partial charge in [0.15, 0.2) is 0 Å². The first-order valence-electron chi connectivity index (χ1n) is 5.08. The molecule has 0 unspecified atom stereocenters. The van der Waals surface area contributed by atoms with Crippen LogP contribution in [0.4, 0.5) is 0 Å². The number of hydrogen-bond acceptors (Lipinski definition) is 3. The molecule has 1 aliphatic heterocycles. The third-order valence-electron chi connectivity index (χ3n) is 3.12. The lowest BCUT2D eigenvalue weighted by Crippen LogP contribution is -2.30. The lowest BCUT2D eigenvalue weighted by molar-refractivity contribution is 0.376. The fourth-order valence-electron chi connectivity index (χ4n) is 2.08. The van der Waals surface area contributed by atoms with Crippen molar-refractivity contribution < 1.29 is 0 Å². The van der Waals surface area contributed by atoms with E-state index in [0.29, 0.717) is 5.92 Å². The summed E-state index contributed by atoms with van der Waals surface area (Å²) in [6, 6.07) is 0. The van der Waals surface area contributed by atoms with E-state index in [0.717, 1.165) is 25.5 Å². The summed E-state index contributed by atoms with van der Waals surface area (Å²) < 4.78 is 2.31. The molecule has 0 atom stereocenters.